The molecule has 0 aliphatic heterocycles. The molecule has 0 radical (unpaired) electrons. The minimum Gasteiger partial charge on any atom is -0.390 e. The number of aliphatic hydroxyl groups is 2. The highest BCUT2D eigenvalue weighted by molar-refractivity contribution is 5.28. The molecule has 0 saturated heterocycles. The summed E-state index contributed by atoms with van der Waals surface area (Å²) in [5.74, 6) is -1.13. The van der Waals surface area contributed by atoms with E-state index in [1.165, 1.54) is 0 Å². The normalized spacial score (nSPS) is 15.5. The second kappa shape index (κ2) is 5.64. The third-order valence-corrected chi connectivity index (χ3v) is 2.42. The van der Waals surface area contributed by atoms with E-state index in [9.17, 15) is 27.8 Å². The average Bonchev–Trinajstić information content (AvgIpc) is 2.26. The molecule has 0 aromatic heterocycles. The molecule has 0 aliphatic carbocycles. The first kappa shape index (κ1) is 14.9. The summed E-state index contributed by atoms with van der Waals surface area (Å²) in [5, 5.41) is 19.0. The first-order valence-corrected chi connectivity index (χ1v) is 5.19. The Morgan fingerprint density at radius 1 is 1.17 bits per heavy atom. The van der Waals surface area contributed by atoms with Crippen LogP contribution >= 0.6 is 0 Å². The number of nitrogens with two attached hydrogens (primary N) is 1. The van der Waals surface area contributed by atoms with E-state index in [-0.39, 0.29) is 18.5 Å². The Morgan fingerprint density at radius 3 is 2.28 bits per heavy atom. The third kappa shape index (κ3) is 3.66. The van der Waals surface area contributed by atoms with Crippen molar-refractivity contribution >= 4 is 0 Å². The van der Waals surface area contributed by atoms with E-state index in [1.807, 2.05) is 0 Å². The number of hydrogen-bond acceptors (Lipinski definition) is 3. The van der Waals surface area contributed by atoms with Gasteiger partial charge in [0.25, 0.3) is 0 Å². The first-order chi connectivity index (χ1) is 8.25. The van der Waals surface area contributed by atoms with Gasteiger partial charge in [0, 0.05) is 0 Å². The third-order valence-electron chi connectivity index (χ3n) is 2.42. The minimum absolute atomic E-state index is 0.000961. The summed E-state index contributed by atoms with van der Waals surface area (Å²) >= 11 is 0. The molecule has 0 spiro atoms. The maximum atomic E-state index is 13.1. The number of hydrogen-bond donors (Lipinski definition) is 3. The molecule has 2 atom stereocenters. The highest BCUT2D eigenvalue weighted by atomic mass is 19.4. The van der Waals surface area contributed by atoms with Crippen molar-refractivity contribution in [2.45, 2.75) is 24.8 Å². The molecule has 0 amide bonds. The van der Waals surface area contributed by atoms with Crippen LogP contribution in [0.15, 0.2) is 18.2 Å². The zero-order chi connectivity index (χ0) is 13.9. The second-order valence-corrected chi connectivity index (χ2v) is 3.86. The standard InChI is InChI=1S/C11H13F4NO2/c12-8-4-6(10(18)9(17)1-2-16)3-7(5-8)11(13,14)15/h3-5,9-10,17-18H,1-2,16H2. The van der Waals surface area contributed by atoms with Gasteiger partial charge in [-0.05, 0) is 36.7 Å². The number of benzene rings is 1. The Morgan fingerprint density at radius 2 is 1.78 bits per heavy atom. The van der Waals surface area contributed by atoms with Crippen molar-refractivity contribution in [2.75, 3.05) is 6.54 Å². The largest absolute Gasteiger partial charge is 0.416 e. The summed E-state index contributed by atoms with van der Waals surface area (Å²) in [7, 11) is 0. The Labute approximate surface area is 101 Å². The predicted molar refractivity (Wildman–Crippen MR) is 56.0 cm³/mol. The van der Waals surface area contributed by atoms with Crippen LogP contribution in [0.5, 0.6) is 0 Å². The van der Waals surface area contributed by atoms with Crippen LogP contribution in [0.4, 0.5) is 17.6 Å². The van der Waals surface area contributed by atoms with Gasteiger partial charge in [0.05, 0.1) is 11.7 Å². The summed E-state index contributed by atoms with van der Waals surface area (Å²) in [4.78, 5) is 0. The van der Waals surface area contributed by atoms with Crippen LogP contribution in [0.25, 0.3) is 0 Å². The van der Waals surface area contributed by atoms with Gasteiger partial charge in [-0.25, -0.2) is 4.39 Å². The summed E-state index contributed by atoms with van der Waals surface area (Å²) in [5.41, 5.74) is 3.61. The highest BCUT2D eigenvalue weighted by Crippen LogP contribution is 2.32. The number of aliphatic hydroxyl groups excluding tert-OH is 2. The van der Waals surface area contributed by atoms with Gasteiger partial charge in [-0.2, -0.15) is 13.2 Å². The van der Waals surface area contributed by atoms with Gasteiger partial charge in [-0.15, -0.1) is 0 Å². The maximum Gasteiger partial charge on any atom is 0.416 e. The number of alkyl halides is 3. The highest BCUT2D eigenvalue weighted by Gasteiger charge is 2.32. The van der Waals surface area contributed by atoms with E-state index in [4.69, 9.17) is 5.73 Å². The van der Waals surface area contributed by atoms with E-state index in [0.717, 1.165) is 6.07 Å². The molecule has 7 heteroatoms. The molecular formula is C11H13F4NO2. The van der Waals surface area contributed by atoms with Gasteiger partial charge < -0.3 is 15.9 Å². The van der Waals surface area contributed by atoms with Crippen LogP contribution in [-0.4, -0.2) is 22.9 Å². The molecule has 102 valence electrons. The quantitative estimate of drug-likeness (QED) is 0.726. The fraction of sp³-hybridized carbons (Fsp3) is 0.455. The number of halogens is 4. The molecule has 18 heavy (non-hydrogen) atoms. The molecule has 1 aromatic carbocycles. The fourth-order valence-corrected chi connectivity index (χ4v) is 1.50. The van der Waals surface area contributed by atoms with Crippen molar-refractivity contribution in [3.05, 3.63) is 35.1 Å². The van der Waals surface area contributed by atoms with Gasteiger partial charge in [-0.3, -0.25) is 0 Å². The van der Waals surface area contributed by atoms with Crippen molar-refractivity contribution in [1.29, 1.82) is 0 Å². The first-order valence-electron chi connectivity index (χ1n) is 5.19. The van der Waals surface area contributed by atoms with Crippen LogP contribution in [-0.2, 0) is 6.18 Å². The Bertz CT molecular complexity index is 409. The van der Waals surface area contributed by atoms with E-state index in [0.29, 0.717) is 12.1 Å². The van der Waals surface area contributed by atoms with Crippen molar-refractivity contribution in [3.8, 4) is 0 Å². The lowest BCUT2D eigenvalue weighted by atomic mass is 9.99. The molecule has 1 aromatic rings. The van der Waals surface area contributed by atoms with E-state index in [1.54, 1.807) is 0 Å². The fourth-order valence-electron chi connectivity index (χ4n) is 1.50. The molecular weight excluding hydrogens is 254 g/mol. The van der Waals surface area contributed by atoms with Crippen LogP contribution in [0.1, 0.15) is 23.7 Å². The zero-order valence-corrected chi connectivity index (χ0v) is 9.28. The molecule has 0 heterocycles. The Balaban J connectivity index is 3.06. The topological polar surface area (TPSA) is 66.5 Å². The SMILES string of the molecule is NCCC(O)C(O)c1cc(F)cc(C(F)(F)F)c1. The van der Waals surface area contributed by atoms with E-state index in [2.05, 4.69) is 0 Å². The summed E-state index contributed by atoms with van der Waals surface area (Å²) in [6.07, 6.45) is -7.66. The molecule has 0 fully saturated rings. The van der Waals surface area contributed by atoms with Crippen LogP contribution in [0, 0.1) is 5.82 Å². The summed E-state index contributed by atoms with van der Waals surface area (Å²) in [6, 6.07) is 1.68. The molecule has 4 N–H and O–H groups in total. The van der Waals surface area contributed by atoms with Crippen molar-refractivity contribution < 1.29 is 27.8 Å². The second-order valence-electron chi connectivity index (χ2n) is 3.86. The van der Waals surface area contributed by atoms with Gasteiger partial charge in [-0.1, -0.05) is 0 Å². The average molecular weight is 267 g/mol. The van der Waals surface area contributed by atoms with E-state index >= 15 is 0 Å². The molecule has 0 saturated carbocycles. The van der Waals surface area contributed by atoms with Gasteiger partial charge in [0.1, 0.15) is 11.9 Å². The van der Waals surface area contributed by atoms with Crippen LogP contribution < -0.4 is 5.73 Å². The molecule has 0 aliphatic rings. The monoisotopic (exact) mass is 267 g/mol. The number of rotatable bonds is 4. The van der Waals surface area contributed by atoms with Crippen molar-refractivity contribution in [1.82, 2.24) is 0 Å². The van der Waals surface area contributed by atoms with Crippen molar-refractivity contribution in [3.63, 3.8) is 0 Å². The van der Waals surface area contributed by atoms with Crippen molar-refractivity contribution in [2.24, 2.45) is 5.73 Å². The molecule has 1 rings (SSSR count). The van der Waals surface area contributed by atoms with E-state index < -0.39 is 29.8 Å². The lowest BCUT2D eigenvalue weighted by Gasteiger charge is -2.18. The van der Waals surface area contributed by atoms with Crippen LogP contribution in [0.3, 0.4) is 0 Å². The van der Waals surface area contributed by atoms with Gasteiger partial charge >= 0.3 is 6.18 Å². The Kier molecular flexibility index (Phi) is 4.66. The molecule has 0 bridgehead atoms. The summed E-state index contributed by atoms with van der Waals surface area (Å²) < 4.78 is 50.3. The van der Waals surface area contributed by atoms with Crippen LogP contribution in [0.2, 0.25) is 0 Å². The van der Waals surface area contributed by atoms with Gasteiger partial charge in [0.2, 0.25) is 0 Å². The maximum absolute atomic E-state index is 13.1. The Hall–Kier alpha value is -1.18. The molecule has 3 nitrogen and oxygen atoms in total. The lowest BCUT2D eigenvalue weighted by molar-refractivity contribution is -0.137. The van der Waals surface area contributed by atoms with Gasteiger partial charge in [0.15, 0.2) is 0 Å². The zero-order valence-electron chi connectivity index (χ0n) is 9.28. The predicted octanol–water partition coefficient (Wildman–Crippen LogP) is 1.59. The molecule has 2 unspecified atom stereocenters. The summed E-state index contributed by atoms with van der Waals surface area (Å²) in [6.45, 7) is 0.0552. The lowest BCUT2D eigenvalue weighted by Crippen LogP contribution is -2.22. The smallest absolute Gasteiger partial charge is 0.390 e. The minimum atomic E-state index is -4.71.